The number of halogens is 2. The predicted octanol–water partition coefficient (Wildman–Crippen LogP) is 4.35. The Morgan fingerprint density at radius 2 is 1.75 bits per heavy atom. The molecule has 1 amide bonds. The zero-order valence-electron chi connectivity index (χ0n) is 13.8. The van der Waals surface area contributed by atoms with Crippen molar-refractivity contribution in [2.24, 2.45) is 0 Å². The van der Waals surface area contributed by atoms with Crippen LogP contribution in [0.2, 0.25) is 5.02 Å². The molecule has 1 N–H and O–H groups in total. The van der Waals surface area contributed by atoms with Gasteiger partial charge in [-0.3, -0.25) is 4.79 Å². The number of carbonyl (C=O) groups excluding carboxylic acids is 1. The molecule has 0 bridgehead atoms. The molecule has 2 aromatic carbocycles. The fourth-order valence-electron chi connectivity index (χ4n) is 2.04. The van der Waals surface area contributed by atoms with E-state index in [-0.39, 0.29) is 18.3 Å². The van der Waals surface area contributed by atoms with Crippen LogP contribution in [0.15, 0.2) is 53.4 Å². The number of nitrogens with zero attached hydrogens (tertiary/aromatic N) is 1. The third kappa shape index (κ3) is 6.36. The number of nitrogens with one attached hydrogen (secondary N) is 1. The molecule has 0 spiro atoms. The van der Waals surface area contributed by atoms with Gasteiger partial charge in [-0.25, -0.2) is 0 Å². The molecule has 6 heteroatoms. The van der Waals surface area contributed by atoms with Crippen molar-refractivity contribution in [1.29, 1.82) is 0 Å². The van der Waals surface area contributed by atoms with E-state index < -0.39 is 0 Å². The van der Waals surface area contributed by atoms with E-state index in [0.29, 0.717) is 6.54 Å². The Kier molecular flexibility index (Phi) is 9.22. The Bertz CT molecular complexity index is 632. The van der Waals surface area contributed by atoms with Crippen molar-refractivity contribution in [3.63, 3.8) is 0 Å². The van der Waals surface area contributed by atoms with Crippen molar-refractivity contribution in [2.75, 3.05) is 27.2 Å². The number of hydrogen-bond donors (Lipinski definition) is 1. The quantitative estimate of drug-likeness (QED) is 0.720. The minimum atomic E-state index is 0. The van der Waals surface area contributed by atoms with E-state index in [0.717, 1.165) is 22.9 Å². The molecule has 0 heterocycles. The van der Waals surface area contributed by atoms with Crippen LogP contribution in [0.1, 0.15) is 15.9 Å². The number of thioether (sulfide) groups is 1. The Balaban J connectivity index is 0.00000288. The molecule has 3 nitrogen and oxygen atoms in total. The molecule has 0 saturated carbocycles. The topological polar surface area (TPSA) is 32.3 Å². The average molecular weight is 385 g/mol. The number of likely N-dealkylation sites (N-methyl/N-ethyl adjacent to an activating group) is 2. The highest BCUT2D eigenvalue weighted by atomic mass is 35.5. The molecule has 0 radical (unpaired) electrons. The summed E-state index contributed by atoms with van der Waals surface area (Å²) in [6, 6.07) is 15.7. The highest BCUT2D eigenvalue weighted by molar-refractivity contribution is 7.98. The first kappa shape index (κ1) is 20.8. The van der Waals surface area contributed by atoms with E-state index in [1.54, 1.807) is 16.7 Å². The van der Waals surface area contributed by atoms with E-state index in [2.05, 4.69) is 5.32 Å². The molecule has 0 aromatic heterocycles. The SMILES string of the molecule is CNCCN(C)C(=O)c1ccc(CSc2ccc(Cl)cc2)cc1.Cl. The van der Waals surface area contributed by atoms with Gasteiger partial charge in [0.05, 0.1) is 0 Å². The first-order chi connectivity index (χ1) is 11.1. The van der Waals surface area contributed by atoms with E-state index in [4.69, 9.17) is 11.6 Å². The van der Waals surface area contributed by atoms with Crippen molar-refractivity contribution >= 4 is 41.7 Å². The Hall–Kier alpha value is -1.20. The lowest BCUT2D eigenvalue weighted by atomic mass is 10.1. The molecule has 0 atom stereocenters. The maximum absolute atomic E-state index is 12.3. The van der Waals surface area contributed by atoms with Gasteiger partial charge in [-0.05, 0) is 49.0 Å². The Morgan fingerprint density at radius 1 is 1.12 bits per heavy atom. The van der Waals surface area contributed by atoms with Crippen molar-refractivity contribution in [3.8, 4) is 0 Å². The lowest BCUT2D eigenvalue weighted by molar-refractivity contribution is 0.0797. The standard InChI is InChI=1S/C18H21ClN2OS.ClH/c1-20-11-12-21(2)18(22)15-5-3-14(4-6-15)13-23-17-9-7-16(19)8-10-17;/h3-10,20H,11-13H2,1-2H3;1H. The van der Waals surface area contributed by atoms with E-state index in [9.17, 15) is 4.79 Å². The van der Waals surface area contributed by atoms with Crippen molar-refractivity contribution in [1.82, 2.24) is 10.2 Å². The summed E-state index contributed by atoms with van der Waals surface area (Å²) >= 11 is 7.64. The Morgan fingerprint density at radius 3 is 2.33 bits per heavy atom. The van der Waals surface area contributed by atoms with Crippen molar-refractivity contribution < 1.29 is 4.79 Å². The van der Waals surface area contributed by atoms with Crippen LogP contribution in [0.4, 0.5) is 0 Å². The van der Waals surface area contributed by atoms with Gasteiger partial charge in [0.25, 0.3) is 5.91 Å². The van der Waals surface area contributed by atoms with Crippen LogP contribution in [0.5, 0.6) is 0 Å². The molecular formula is C18H22Cl2N2OS. The van der Waals surface area contributed by atoms with Crippen molar-refractivity contribution in [3.05, 3.63) is 64.7 Å². The zero-order chi connectivity index (χ0) is 16.7. The van der Waals surface area contributed by atoms with Gasteiger partial charge in [0.15, 0.2) is 0 Å². The number of rotatable bonds is 7. The normalized spacial score (nSPS) is 10.1. The summed E-state index contributed by atoms with van der Waals surface area (Å²) in [6.07, 6.45) is 0. The zero-order valence-corrected chi connectivity index (χ0v) is 16.2. The first-order valence-electron chi connectivity index (χ1n) is 7.47. The summed E-state index contributed by atoms with van der Waals surface area (Å²) in [7, 11) is 3.70. The van der Waals surface area contributed by atoms with Gasteiger partial charge < -0.3 is 10.2 Å². The molecule has 0 aliphatic heterocycles. The van der Waals surface area contributed by atoms with Crippen LogP contribution < -0.4 is 5.32 Å². The molecule has 0 aliphatic carbocycles. The number of benzene rings is 2. The summed E-state index contributed by atoms with van der Waals surface area (Å²) in [6.45, 7) is 1.49. The number of carbonyl (C=O) groups is 1. The van der Waals surface area contributed by atoms with Gasteiger partial charge in [0.1, 0.15) is 0 Å². The fourth-order valence-corrected chi connectivity index (χ4v) is 3.02. The minimum Gasteiger partial charge on any atom is -0.340 e. The lowest BCUT2D eigenvalue weighted by Crippen LogP contribution is -2.32. The summed E-state index contributed by atoms with van der Waals surface area (Å²) in [5, 5.41) is 3.79. The number of hydrogen-bond acceptors (Lipinski definition) is 3. The third-order valence-corrected chi connectivity index (χ3v) is 4.80. The van der Waals surface area contributed by atoms with E-state index >= 15 is 0 Å². The molecule has 0 saturated heterocycles. The second-order valence-corrected chi connectivity index (χ2v) is 6.75. The predicted molar refractivity (Wildman–Crippen MR) is 106 cm³/mol. The molecule has 2 rings (SSSR count). The summed E-state index contributed by atoms with van der Waals surface area (Å²) in [5.41, 5.74) is 1.92. The molecule has 0 fully saturated rings. The summed E-state index contributed by atoms with van der Waals surface area (Å²) < 4.78 is 0. The van der Waals surface area contributed by atoms with Crippen LogP contribution >= 0.6 is 35.8 Å². The van der Waals surface area contributed by atoms with Gasteiger partial charge in [0, 0.05) is 41.4 Å². The van der Waals surface area contributed by atoms with Gasteiger partial charge in [0.2, 0.25) is 0 Å². The smallest absolute Gasteiger partial charge is 0.253 e. The Labute approximate surface area is 159 Å². The monoisotopic (exact) mass is 384 g/mol. The van der Waals surface area contributed by atoms with E-state index in [1.165, 1.54) is 10.5 Å². The second kappa shape index (κ2) is 10.6. The molecular weight excluding hydrogens is 363 g/mol. The summed E-state index contributed by atoms with van der Waals surface area (Å²) in [4.78, 5) is 15.2. The van der Waals surface area contributed by atoms with Crippen LogP contribution in [-0.2, 0) is 5.75 Å². The van der Waals surface area contributed by atoms with E-state index in [1.807, 2.05) is 62.6 Å². The molecule has 130 valence electrons. The molecule has 2 aromatic rings. The molecule has 0 aliphatic rings. The minimum absolute atomic E-state index is 0. The first-order valence-corrected chi connectivity index (χ1v) is 8.84. The fraction of sp³-hybridized carbons (Fsp3) is 0.278. The van der Waals surface area contributed by atoms with Gasteiger partial charge >= 0.3 is 0 Å². The largest absolute Gasteiger partial charge is 0.340 e. The van der Waals surface area contributed by atoms with Crippen LogP contribution in [0, 0.1) is 0 Å². The van der Waals surface area contributed by atoms with Crippen molar-refractivity contribution in [2.45, 2.75) is 10.6 Å². The molecule has 24 heavy (non-hydrogen) atoms. The van der Waals surface area contributed by atoms with Gasteiger partial charge in [-0.1, -0.05) is 23.7 Å². The lowest BCUT2D eigenvalue weighted by Gasteiger charge is -2.17. The highest BCUT2D eigenvalue weighted by Crippen LogP contribution is 2.24. The maximum atomic E-state index is 12.3. The van der Waals surface area contributed by atoms with Crippen LogP contribution in [0.3, 0.4) is 0 Å². The average Bonchev–Trinajstić information content (AvgIpc) is 2.59. The highest BCUT2D eigenvalue weighted by Gasteiger charge is 2.10. The summed E-state index contributed by atoms with van der Waals surface area (Å²) in [5.74, 6) is 0.920. The number of amides is 1. The molecule has 0 unspecified atom stereocenters. The van der Waals surface area contributed by atoms with Crippen LogP contribution in [0.25, 0.3) is 0 Å². The van der Waals surface area contributed by atoms with Crippen LogP contribution in [-0.4, -0.2) is 38.0 Å². The van der Waals surface area contributed by atoms with Gasteiger partial charge in [-0.2, -0.15) is 0 Å². The maximum Gasteiger partial charge on any atom is 0.253 e. The van der Waals surface area contributed by atoms with Gasteiger partial charge in [-0.15, -0.1) is 24.2 Å². The third-order valence-electron chi connectivity index (χ3n) is 3.46. The second-order valence-electron chi connectivity index (χ2n) is 5.27.